The molecule has 0 unspecified atom stereocenters. The first kappa shape index (κ1) is 12.2. The lowest BCUT2D eigenvalue weighted by Crippen LogP contribution is -1.93. The number of fused-ring (bicyclic) bond motifs is 2. The Balaban J connectivity index is 2.03. The molecule has 2 heteroatoms. The van der Waals surface area contributed by atoms with Gasteiger partial charge in [-0.2, -0.15) is 0 Å². The monoisotopic (exact) mass is 272 g/mol. The number of hydrogen-bond donors (Lipinski definition) is 0. The molecule has 3 rings (SSSR count). The number of rotatable bonds is 1. The Labute approximate surface area is 117 Å². The van der Waals surface area contributed by atoms with E-state index in [0.717, 1.165) is 0 Å². The molecule has 0 aromatic heterocycles. The lowest BCUT2D eigenvalue weighted by Gasteiger charge is -2.20. The Bertz CT molecular complexity index is 600. The Kier molecular flexibility index (Phi) is 3.16. The van der Waals surface area contributed by atoms with Gasteiger partial charge in [0.25, 0.3) is 0 Å². The molecule has 0 amide bonds. The Morgan fingerprint density at radius 2 is 1.39 bits per heavy atom. The normalized spacial score (nSPS) is 13.3. The molecule has 2 aromatic carbocycles. The zero-order chi connectivity index (χ0) is 12.7. The summed E-state index contributed by atoms with van der Waals surface area (Å²) in [5.74, 6) is 0.597. The van der Waals surface area contributed by atoms with Crippen LogP contribution in [-0.2, 0) is 0 Å². The summed E-state index contributed by atoms with van der Waals surface area (Å²) < 4.78 is 0. The van der Waals surface area contributed by atoms with Crippen LogP contribution < -0.4 is 0 Å². The van der Waals surface area contributed by atoms with Gasteiger partial charge in [-0.15, -0.1) is 0 Å². The van der Waals surface area contributed by atoms with Crippen molar-refractivity contribution in [1.82, 2.24) is 0 Å². The van der Waals surface area contributed by atoms with Crippen LogP contribution in [-0.4, -0.2) is 0 Å². The summed E-state index contributed by atoms with van der Waals surface area (Å²) in [7, 11) is 0. The first-order valence-corrected chi connectivity index (χ1v) is 7.87. The molecule has 0 fully saturated rings. The van der Waals surface area contributed by atoms with Crippen LogP contribution in [0.1, 0.15) is 30.9 Å². The van der Waals surface area contributed by atoms with Gasteiger partial charge in [0.05, 0.1) is 0 Å². The van der Waals surface area contributed by atoms with Gasteiger partial charge in [-0.3, -0.25) is 0 Å². The number of hydrogen-bond acceptors (Lipinski definition) is 2. The lowest BCUT2D eigenvalue weighted by molar-refractivity contribution is 0.857. The van der Waals surface area contributed by atoms with Gasteiger partial charge in [-0.1, -0.05) is 49.5 Å². The highest BCUT2D eigenvalue weighted by molar-refractivity contribution is 8.05. The van der Waals surface area contributed by atoms with Crippen molar-refractivity contribution in [3.05, 3.63) is 47.5 Å². The van der Waals surface area contributed by atoms with Crippen LogP contribution in [0.4, 0.5) is 0 Å². The van der Waals surface area contributed by atoms with Crippen molar-refractivity contribution in [2.75, 3.05) is 0 Å². The molecule has 0 spiro atoms. The predicted molar refractivity (Wildman–Crippen MR) is 80.0 cm³/mol. The van der Waals surface area contributed by atoms with Crippen LogP contribution in [0.25, 0.3) is 0 Å². The van der Waals surface area contributed by atoms with Gasteiger partial charge in [-0.05, 0) is 48.2 Å². The minimum atomic E-state index is 0.597. The summed E-state index contributed by atoms with van der Waals surface area (Å²) in [6.07, 6.45) is 0. The third-order valence-electron chi connectivity index (χ3n) is 3.17. The van der Waals surface area contributed by atoms with E-state index in [2.05, 4.69) is 57.2 Å². The van der Waals surface area contributed by atoms with Crippen molar-refractivity contribution in [3.8, 4) is 0 Å². The van der Waals surface area contributed by atoms with Gasteiger partial charge in [0.15, 0.2) is 0 Å². The molecule has 0 saturated heterocycles. The minimum absolute atomic E-state index is 0.597. The van der Waals surface area contributed by atoms with Crippen LogP contribution in [0, 0.1) is 6.92 Å². The summed E-state index contributed by atoms with van der Waals surface area (Å²) >= 11 is 3.80. The van der Waals surface area contributed by atoms with Crippen LogP contribution in [0.3, 0.4) is 0 Å². The maximum absolute atomic E-state index is 2.35. The highest BCUT2D eigenvalue weighted by Gasteiger charge is 2.17. The Morgan fingerprint density at radius 1 is 0.778 bits per heavy atom. The van der Waals surface area contributed by atoms with E-state index in [1.807, 2.05) is 23.5 Å². The number of benzene rings is 2. The molecule has 0 nitrogen and oxygen atoms in total. The second kappa shape index (κ2) is 4.67. The standard InChI is InChI=1S/C16H16S2/c1-10(2)12-5-7-14-16(9-12)18-15-8-11(3)4-6-13(15)17-14/h4-10H,1-3H3. The number of aryl methyl sites for hydroxylation is 1. The van der Waals surface area contributed by atoms with E-state index in [0.29, 0.717) is 5.92 Å². The zero-order valence-electron chi connectivity index (χ0n) is 10.9. The smallest absolute Gasteiger partial charge is 0.0265 e. The molecule has 0 radical (unpaired) electrons. The fourth-order valence-electron chi connectivity index (χ4n) is 2.06. The summed E-state index contributed by atoms with van der Waals surface area (Å²) in [5, 5.41) is 0. The van der Waals surface area contributed by atoms with Gasteiger partial charge in [0.2, 0.25) is 0 Å². The zero-order valence-corrected chi connectivity index (χ0v) is 12.5. The van der Waals surface area contributed by atoms with E-state index in [4.69, 9.17) is 0 Å². The van der Waals surface area contributed by atoms with Crippen molar-refractivity contribution in [3.63, 3.8) is 0 Å². The average molecular weight is 272 g/mol. The van der Waals surface area contributed by atoms with Crippen LogP contribution in [0.2, 0.25) is 0 Å². The third kappa shape index (κ3) is 2.19. The van der Waals surface area contributed by atoms with Crippen molar-refractivity contribution in [2.45, 2.75) is 46.3 Å². The van der Waals surface area contributed by atoms with Crippen molar-refractivity contribution >= 4 is 23.5 Å². The summed E-state index contributed by atoms with van der Waals surface area (Å²) in [6, 6.07) is 13.6. The Morgan fingerprint density at radius 3 is 2.11 bits per heavy atom. The van der Waals surface area contributed by atoms with E-state index in [-0.39, 0.29) is 0 Å². The maximum atomic E-state index is 2.35. The van der Waals surface area contributed by atoms with E-state index in [1.165, 1.54) is 30.7 Å². The second-order valence-corrected chi connectivity index (χ2v) is 7.18. The highest BCUT2D eigenvalue weighted by atomic mass is 32.2. The minimum Gasteiger partial charge on any atom is -0.0877 e. The van der Waals surface area contributed by atoms with E-state index in [1.54, 1.807) is 0 Å². The first-order valence-electron chi connectivity index (χ1n) is 6.24. The molecule has 92 valence electrons. The van der Waals surface area contributed by atoms with E-state index >= 15 is 0 Å². The fraction of sp³-hybridized carbons (Fsp3) is 0.250. The summed E-state index contributed by atoms with van der Waals surface area (Å²) in [4.78, 5) is 5.58. The molecular formula is C16H16S2. The molecule has 0 atom stereocenters. The maximum Gasteiger partial charge on any atom is 0.0265 e. The SMILES string of the molecule is Cc1ccc2c(c1)Sc1cc(C(C)C)ccc1S2. The molecule has 1 aliphatic rings. The quantitative estimate of drug-likeness (QED) is 0.554. The van der Waals surface area contributed by atoms with Crippen LogP contribution in [0.5, 0.6) is 0 Å². The molecule has 1 heterocycles. The lowest BCUT2D eigenvalue weighted by atomic mass is 10.0. The second-order valence-electron chi connectivity index (χ2n) is 5.02. The van der Waals surface area contributed by atoms with E-state index < -0.39 is 0 Å². The van der Waals surface area contributed by atoms with Crippen molar-refractivity contribution in [2.24, 2.45) is 0 Å². The summed E-state index contributed by atoms with van der Waals surface area (Å²) in [5.41, 5.74) is 2.77. The van der Waals surface area contributed by atoms with E-state index in [9.17, 15) is 0 Å². The highest BCUT2D eigenvalue weighted by Crippen LogP contribution is 2.49. The van der Waals surface area contributed by atoms with Crippen molar-refractivity contribution in [1.29, 1.82) is 0 Å². The van der Waals surface area contributed by atoms with Gasteiger partial charge < -0.3 is 0 Å². The molecule has 1 aliphatic heterocycles. The first-order chi connectivity index (χ1) is 8.63. The van der Waals surface area contributed by atoms with Gasteiger partial charge in [0.1, 0.15) is 0 Å². The van der Waals surface area contributed by atoms with Gasteiger partial charge in [-0.25, -0.2) is 0 Å². The fourth-order valence-corrected chi connectivity index (χ4v) is 4.41. The molecule has 18 heavy (non-hydrogen) atoms. The van der Waals surface area contributed by atoms with Gasteiger partial charge >= 0.3 is 0 Å². The Hall–Kier alpha value is -0.860. The largest absolute Gasteiger partial charge is 0.0877 e. The molecule has 0 N–H and O–H groups in total. The molecule has 2 aromatic rings. The predicted octanol–water partition coefficient (Wildman–Crippen LogP) is 5.73. The summed E-state index contributed by atoms with van der Waals surface area (Å²) in [6.45, 7) is 6.66. The topological polar surface area (TPSA) is 0 Å². The molecular weight excluding hydrogens is 256 g/mol. The third-order valence-corrected chi connectivity index (χ3v) is 5.70. The molecule has 0 aliphatic carbocycles. The molecule has 0 saturated carbocycles. The average Bonchev–Trinajstić information content (AvgIpc) is 2.35. The van der Waals surface area contributed by atoms with Crippen LogP contribution >= 0.6 is 23.5 Å². The molecule has 0 bridgehead atoms. The van der Waals surface area contributed by atoms with Gasteiger partial charge in [0, 0.05) is 19.6 Å². The van der Waals surface area contributed by atoms with Crippen molar-refractivity contribution < 1.29 is 0 Å². The van der Waals surface area contributed by atoms with Crippen LogP contribution in [0.15, 0.2) is 56.0 Å².